The van der Waals surface area contributed by atoms with Crippen LogP contribution in [0.3, 0.4) is 0 Å². The molecule has 1 aliphatic heterocycles. The van der Waals surface area contributed by atoms with Gasteiger partial charge in [-0.05, 0) is 48.6 Å². The van der Waals surface area contributed by atoms with Crippen molar-refractivity contribution in [2.45, 2.75) is 43.5 Å². The number of benzene rings is 2. The molecule has 0 saturated carbocycles. The van der Waals surface area contributed by atoms with Crippen molar-refractivity contribution >= 4 is 33.6 Å². The first-order valence-electron chi connectivity index (χ1n) is 11.4. The third-order valence-corrected chi connectivity index (χ3v) is 8.46. The Morgan fingerprint density at radius 1 is 1.12 bits per heavy atom. The molecule has 0 radical (unpaired) electrons. The molecule has 1 atom stereocenters. The van der Waals surface area contributed by atoms with E-state index in [-0.39, 0.29) is 10.6 Å². The Balaban J connectivity index is 1.51. The van der Waals surface area contributed by atoms with Gasteiger partial charge in [-0.3, -0.25) is 14.5 Å². The van der Waals surface area contributed by atoms with Crippen LogP contribution in [0.5, 0.6) is 0 Å². The van der Waals surface area contributed by atoms with Crippen molar-refractivity contribution < 1.29 is 22.8 Å². The minimum absolute atomic E-state index is 0.0572. The zero-order valence-electron chi connectivity index (χ0n) is 19.2. The summed E-state index contributed by atoms with van der Waals surface area (Å²) in [5.41, 5.74) is 0.906. The summed E-state index contributed by atoms with van der Waals surface area (Å²) in [6, 6.07) is 12.8. The van der Waals surface area contributed by atoms with E-state index in [0.29, 0.717) is 19.5 Å². The topological polar surface area (TPSA) is 116 Å². The van der Waals surface area contributed by atoms with E-state index in [0.717, 1.165) is 28.9 Å². The zero-order chi connectivity index (χ0) is 24.5. The average Bonchev–Trinajstić information content (AvgIpc) is 3.05. The Morgan fingerprint density at radius 3 is 2.59 bits per heavy atom. The molecule has 1 saturated heterocycles. The van der Waals surface area contributed by atoms with Gasteiger partial charge in [0.15, 0.2) is 0 Å². The SMILES string of the molecule is CCN(CC)S(=O)(=O)c1cccc(NC(=O)CN2C(=O)N[C@@]3(CCCc4ccccc43)C2=O)c1. The molecule has 10 heteroatoms. The molecule has 1 aliphatic carbocycles. The summed E-state index contributed by atoms with van der Waals surface area (Å²) in [5.74, 6) is -1.04. The molecule has 4 rings (SSSR count). The van der Waals surface area contributed by atoms with Crippen LogP contribution in [0, 0.1) is 0 Å². The van der Waals surface area contributed by atoms with Crippen LogP contribution in [0.15, 0.2) is 53.4 Å². The molecule has 2 aromatic carbocycles. The van der Waals surface area contributed by atoms with E-state index in [2.05, 4.69) is 10.6 Å². The molecule has 1 fully saturated rings. The first-order chi connectivity index (χ1) is 16.2. The number of urea groups is 1. The van der Waals surface area contributed by atoms with Gasteiger partial charge in [-0.2, -0.15) is 4.31 Å². The molecule has 2 N–H and O–H groups in total. The largest absolute Gasteiger partial charge is 0.325 e. The normalized spacial score (nSPS) is 19.9. The molecule has 0 aromatic heterocycles. The van der Waals surface area contributed by atoms with Gasteiger partial charge in [0.25, 0.3) is 5.91 Å². The Bertz CT molecular complexity index is 1240. The number of sulfonamides is 1. The summed E-state index contributed by atoms with van der Waals surface area (Å²) >= 11 is 0. The molecular weight excluding hydrogens is 456 g/mol. The van der Waals surface area contributed by atoms with Crippen LogP contribution >= 0.6 is 0 Å². The van der Waals surface area contributed by atoms with Crippen molar-refractivity contribution in [1.82, 2.24) is 14.5 Å². The molecule has 2 aliphatic rings. The zero-order valence-corrected chi connectivity index (χ0v) is 20.0. The van der Waals surface area contributed by atoms with Gasteiger partial charge >= 0.3 is 6.03 Å². The lowest BCUT2D eigenvalue weighted by Gasteiger charge is -2.33. The van der Waals surface area contributed by atoms with Crippen molar-refractivity contribution in [3.8, 4) is 0 Å². The number of carbonyl (C=O) groups is 3. The number of fused-ring (bicyclic) bond motifs is 2. The maximum atomic E-state index is 13.3. The Labute approximate surface area is 199 Å². The summed E-state index contributed by atoms with van der Waals surface area (Å²) in [5, 5.41) is 5.43. The van der Waals surface area contributed by atoms with Crippen LogP contribution in [0.4, 0.5) is 10.5 Å². The van der Waals surface area contributed by atoms with Gasteiger partial charge < -0.3 is 10.6 Å². The highest BCUT2D eigenvalue weighted by atomic mass is 32.2. The van der Waals surface area contributed by atoms with Gasteiger partial charge in [0, 0.05) is 18.8 Å². The number of nitrogens with zero attached hydrogens (tertiary/aromatic N) is 2. The van der Waals surface area contributed by atoms with Gasteiger partial charge in [0.1, 0.15) is 12.1 Å². The Morgan fingerprint density at radius 2 is 1.85 bits per heavy atom. The van der Waals surface area contributed by atoms with E-state index < -0.39 is 40.0 Å². The lowest BCUT2D eigenvalue weighted by atomic mass is 9.76. The Hall–Kier alpha value is -3.24. The maximum absolute atomic E-state index is 13.3. The predicted molar refractivity (Wildman–Crippen MR) is 126 cm³/mol. The molecule has 180 valence electrons. The summed E-state index contributed by atoms with van der Waals surface area (Å²) in [6.07, 6.45) is 2.04. The standard InChI is InChI=1S/C24H28N4O5S/c1-3-27(4-2)34(32,33)19-12-7-11-18(15-19)25-21(29)16-28-22(30)24(26-23(28)31)14-8-10-17-9-5-6-13-20(17)24/h5-7,9,11-13,15H,3-4,8,10,14,16H2,1-2H3,(H,25,29)(H,26,31)/t24-/m1/s1. The van der Waals surface area contributed by atoms with Crippen LogP contribution in [0.1, 0.15) is 37.8 Å². The van der Waals surface area contributed by atoms with Crippen LogP contribution in [0.2, 0.25) is 0 Å². The van der Waals surface area contributed by atoms with Crippen LogP contribution in [-0.2, 0) is 31.6 Å². The number of nitrogens with one attached hydrogen (secondary N) is 2. The monoisotopic (exact) mass is 484 g/mol. The van der Waals surface area contributed by atoms with E-state index in [9.17, 15) is 22.8 Å². The number of aryl methyl sites for hydroxylation is 1. The summed E-state index contributed by atoms with van der Waals surface area (Å²) in [7, 11) is -3.69. The second-order valence-electron chi connectivity index (χ2n) is 8.40. The smallest absolute Gasteiger partial charge is 0.324 e. The molecule has 1 heterocycles. The minimum atomic E-state index is -3.69. The second kappa shape index (κ2) is 9.19. The first-order valence-corrected chi connectivity index (χ1v) is 12.8. The fourth-order valence-electron chi connectivity index (χ4n) is 4.75. The number of carbonyl (C=O) groups excluding carboxylic acids is 3. The molecule has 0 bridgehead atoms. The van der Waals surface area contributed by atoms with Crippen molar-refractivity contribution in [3.63, 3.8) is 0 Å². The van der Waals surface area contributed by atoms with E-state index in [1.807, 2.05) is 24.3 Å². The second-order valence-corrected chi connectivity index (χ2v) is 10.3. The average molecular weight is 485 g/mol. The van der Waals surface area contributed by atoms with E-state index in [1.54, 1.807) is 19.9 Å². The molecule has 9 nitrogen and oxygen atoms in total. The fraction of sp³-hybridized carbons (Fsp3) is 0.375. The van der Waals surface area contributed by atoms with Crippen molar-refractivity contribution in [2.24, 2.45) is 0 Å². The molecule has 0 unspecified atom stereocenters. The number of imide groups is 1. The van der Waals surface area contributed by atoms with Gasteiger partial charge in [-0.25, -0.2) is 13.2 Å². The molecule has 34 heavy (non-hydrogen) atoms. The number of anilines is 1. The molecule has 4 amide bonds. The minimum Gasteiger partial charge on any atom is -0.324 e. The van der Waals surface area contributed by atoms with Crippen LogP contribution in [0.25, 0.3) is 0 Å². The molecular formula is C24H28N4O5S. The summed E-state index contributed by atoms with van der Waals surface area (Å²) < 4.78 is 26.9. The van der Waals surface area contributed by atoms with E-state index in [4.69, 9.17) is 0 Å². The number of rotatable bonds is 7. The maximum Gasteiger partial charge on any atom is 0.325 e. The van der Waals surface area contributed by atoms with Crippen LogP contribution < -0.4 is 10.6 Å². The third kappa shape index (κ3) is 4.07. The summed E-state index contributed by atoms with van der Waals surface area (Å²) in [6.45, 7) is 3.69. The number of hydrogen-bond donors (Lipinski definition) is 2. The Kier molecular flexibility index (Phi) is 6.46. The van der Waals surface area contributed by atoms with E-state index >= 15 is 0 Å². The van der Waals surface area contributed by atoms with Crippen molar-refractivity contribution in [2.75, 3.05) is 25.0 Å². The fourth-order valence-corrected chi connectivity index (χ4v) is 6.25. The lowest BCUT2D eigenvalue weighted by Crippen LogP contribution is -2.47. The van der Waals surface area contributed by atoms with Gasteiger partial charge in [-0.1, -0.05) is 44.2 Å². The van der Waals surface area contributed by atoms with Gasteiger partial charge in [-0.15, -0.1) is 0 Å². The molecule has 1 spiro atoms. The highest BCUT2D eigenvalue weighted by molar-refractivity contribution is 7.89. The predicted octanol–water partition coefficient (Wildman–Crippen LogP) is 2.44. The van der Waals surface area contributed by atoms with E-state index in [1.165, 1.54) is 22.5 Å². The number of amides is 4. The number of hydrogen-bond acceptors (Lipinski definition) is 5. The first kappa shape index (κ1) is 23.9. The quantitative estimate of drug-likeness (QED) is 0.586. The van der Waals surface area contributed by atoms with Gasteiger partial charge in [0.05, 0.1) is 4.90 Å². The van der Waals surface area contributed by atoms with Crippen LogP contribution in [-0.4, -0.2) is 55.1 Å². The highest BCUT2D eigenvalue weighted by Crippen LogP contribution is 2.39. The summed E-state index contributed by atoms with van der Waals surface area (Å²) in [4.78, 5) is 39.8. The lowest BCUT2D eigenvalue weighted by molar-refractivity contribution is -0.134. The third-order valence-electron chi connectivity index (χ3n) is 6.41. The van der Waals surface area contributed by atoms with Crippen molar-refractivity contribution in [3.05, 3.63) is 59.7 Å². The molecule has 2 aromatic rings. The van der Waals surface area contributed by atoms with Gasteiger partial charge in [0.2, 0.25) is 15.9 Å². The highest BCUT2D eigenvalue weighted by Gasteiger charge is 2.54. The van der Waals surface area contributed by atoms with Crippen molar-refractivity contribution in [1.29, 1.82) is 0 Å².